The molecule has 0 atom stereocenters. The maximum Gasteiger partial charge on any atom is -1.00 e. The molecule has 0 saturated carbocycles. The van der Waals surface area contributed by atoms with Crippen LogP contribution in [0, 0.1) is 13.8 Å². The number of benzene rings is 1. The zero-order valence-electron chi connectivity index (χ0n) is 6.57. The van der Waals surface area contributed by atoms with Gasteiger partial charge in [0.15, 0.2) is 0 Å². The van der Waals surface area contributed by atoms with Crippen LogP contribution < -0.4 is 38.4 Å². The Balaban J connectivity index is 0. The van der Waals surface area contributed by atoms with Crippen LogP contribution in [0.25, 0.3) is 0 Å². The van der Waals surface area contributed by atoms with Crippen molar-refractivity contribution in [3.63, 3.8) is 0 Å². The molecule has 11 heavy (non-hydrogen) atoms. The Morgan fingerprint density at radius 1 is 0.909 bits per heavy atom. The topological polar surface area (TPSA) is 0 Å². The summed E-state index contributed by atoms with van der Waals surface area (Å²) in [6.45, 7) is 4.22. The van der Waals surface area contributed by atoms with E-state index in [9.17, 15) is 0 Å². The molecule has 0 radical (unpaired) electrons. The normalized spacial score (nSPS) is 8.00. The van der Waals surface area contributed by atoms with E-state index < -0.39 is 0 Å². The maximum absolute atomic E-state index is 2.70. The first-order chi connectivity index (χ1) is 4.18. The fourth-order valence-electron chi connectivity index (χ4n) is 1.01. The second-order valence-corrected chi connectivity index (χ2v) is 3.09. The number of aryl methyl sites for hydroxylation is 2. The van der Waals surface area contributed by atoms with E-state index in [1.54, 1.807) is 0 Å². The SMILES string of the molecule is Cc1cc(C)c[c]([Al+2])c1.[Br-].[Br-]. The molecule has 3 heteroatoms. The summed E-state index contributed by atoms with van der Waals surface area (Å²) in [6, 6.07) is 6.48. The molecule has 0 amide bonds. The van der Waals surface area contributed by atoms with Crippen molar-refractivity contribution in [2.24, 2.45) is 0 Å². The van der Waals surface area contributed by atoms with Crippen LogP contribution in [0.3, 0.4) is 0 Å². The second-order valence-electron chi connectivity index (χ2n) is 2.42. The molecule has 0 aromatic heterocycles. The van der Waals surface area contributed by atoms with Gasteiger partial charge in [-0.3, -0.25) is 0 Å². The van der Waals surface area contributed by atoms with Crippen LogP contribution >= 0.6 is 0 Å². The summed E-state index contributed by atoms with van der Waals surface area (Å²) in [5.41, 5.74) is 2.67. The molecule has 0 N–H and O–H groups in total. The maximum atomic E-state index is 2.70. The van der Waals surface area contributed by atoms with Gasteiger partial charge in [0.25, 0.3) is 0 Å². The number of hydrogen-bond donors (Lipinski definition) is 0. The molecular formula is C8H9AlBr2. The Bertz CT molecular complexity index is 173. The van der Waals surface area contributed by atoms with Crippen LogP contribution in [0.5, 0.6) is 0 Å². The van der Waals surface area contributed by atoms with E-state index in [2.05, 4.69) is 48.3 Å². The fraction of sp³-hybridized carbons (Fsp3) is 0.250. The Morgan fingerprint density at radius 3 is 1.55 bits per heavy atom. The Morgan fingerprint density at radius 2 is 1.27 bits per heavy atom. The largest absolute Gasteiger partial charge is 1.00 e. The van der Waals surface area contributed by atoms with E-state index in [-0.39, 0.29) is 34.0 Å². The molecular weight excluding hydrogens is 283 g/mol. The Hall–Kier alpha value is 0.712. The predicted molar refractivity (Wildman–Crippen MR) is 41.3 cm³/mol. The molecule has 0 fully saturated rings. The van der Waals surface area contributed by atoms with Gasteiger partial charge in [0.1, 0.15) is 0 Å². The van der Waals surface area contributed by atoms with Gasteiger partial charge in [-0.05, 0) is 0 Å². The van der Waals surface area contributed by atoms with Crippen LogP contribution in [-0.4, -0.2) is 16.3 Å². The quantitative estimate of drug-likeness (QED) is 0.421. The van der Waals surface area contributed by atoms with Gasteiger partial charge >= 0.3 is 63.9 Å². The first-order valence-electron chi connectivity index (χ1n) is 3.02. The van der Waals surface area contributed by atoms with Crippen LogP contribution in [0.2, 0.25) is 0 Å². The van der Waals surface area contributed by atoms with Crippen molar-refractivity contribution in [2.75, 3.05) is 0 Å². The summed E-state index contributed by atoms with van der Waals surface area (Å²) in [6.07, 6.45) is 0. The molecule has 0 bridgehead atoms. The molecule has 0 spiro atoms. The average molecular weight is 292 g/mol. The van der Waals surface area contributed by atoms with Gasteiger partial charge in [0.2, 0.25) is 0 Å². The standard InChI is InChI=1S/C8H9.Al.2BrH/c1-7-4-3-5-8(2)6-7;;;/h4-6H,1-2H3;;2*1H/q;+2;;/p-2. The van der Waals surface area contributed by atoms with E-state index in [1.165, 1.54) is 15.6 Å². The number of rotatable bonds is 0. The van der Waals surface area contributed by atoms with Crippen molar-refractivity contribution >= 4 is 20.7 Å². The van der Waals surface area contributed by atoms with Crippen molar-refractivity contribution < 1.29 is 34.0 Å². The second kappa shape index (κ2) is 6.25. The molecule has 58 valence electrons. The van der Waals surface area contributed by atoms with E-state index in [1.807, 2.05) is 0 Å². The molecule has 0 saturated heterocycles. The molecule has 0 nitrogen and oxygen atoms in total. The summed E-state index contributed by atoms with van der Waals surface area (Å²) >= 11 is 2.70. The monoisotopic (exact) mass is 290 g/mol. The number of hydrogen-bond acceptors (Lipinski definition) is 0. The van der Waals surface area contributed by atoms with Gasteiger partial charge in [0.05, 0.1) is 0 Å². The smallest absolute Gasteiger partial charge is 1.00 e. The van der Waals surface area contributed by atoms with Crippen molar-refractivity contribution in [3.8, 4) is 0 Å². The first-order valence-corrected chi connectivity index (χ1v) is 3.60. The van der Waals surface area contributed by atoms with Gasteiger partial charge in [0, 0.05) is 0 Å². The van der Waals surface area contributed by atoms with Gasteiger partial charge in [-0.2, -0.15) is 0 Å². The van der Waals surface area contributed by atoms with E-state index >= 15 is 0 Å². The molecule has 0 aliphatic carbocycles. The van der Waals surface area contributed by atoms with Crippen LogP contribution in [-0.2, 0) is 0 Å². The third-order valence-electron chi connectivity index (χ3n) is 1.24. The molecule has 1 rings (SSSR count). The van der Waals surface area contributed by atoms with Gasteiger partial charge < -0.3 is 34.0 Å². The first kappa shape index (κ1) is 14.2. The van der Waals surface area contributed by atoms with E-state index in [0.717, 1.165) is 0 Å². The van der Waals surface area contributed by atoms with Crippen molar-refractivity contribution in [2.45, 2.75) is 13.8 Å². The molecule has 1 aromatic rings. The Labute approximate surface area is 97.3 Å². The molecule has 1 aromatic carbocycles. The minimum atomic E-state index is 0. The van der Waals surface area contributed by atoms with Crippen molar-refractivity contribution in [1.82, 2.24) is 0 Å². The van der Waals surface area contributed by atoms with Crippen molar-refractivity contribution in [1.29, 1.82) is 0 Å². The average Bonchev–Trinajstić information content (AvgIpc) is 1.59. The summed E-state index contributed by atoms with van der Waals surface area (Å²) in [5.74, 6) is 0. The summed E-state index contributed by atoms with van der Waals surface area (Å²) in [7, 11) is 0. The zero-order valence-corrected chi connectivity index (χ0v) is 10.9. The van der Waals surface area contributed by atoms with Crippen LogP contribution in [0.15, 0.2) is 18.2 Å². The summed E-state index contributed by atoms with van der Waals surface area (Å²) < 4.78 is 1.27. The Kier molecular flexibility index (Phi) is 8.10. The van der Waals surface area contributed by atoms with Gasteiger partial charge in [-0.1, -0.05) is 0 Å². The fourth-order valence-corrected chi connectivity index (χ4v) is 1.54. The third-order valence-corrected chi connectivity index (χ3v) is 1.58. The minimum absolute atomic E-state index is 0. The zero-order chi connectivity index (χ0) is 6.85. The number of halogens is 2. The van der Waals surface area contributed by atoms with Crippen LogP contribution in [0.1, 0.15) is 11.1 Å². The van der Waals surface area contributed by atoms with E-state index in [4.69, 9.17) is 0 Å². The molecule has 0 aliphatic rings. The van der Waals surface area contributed by atoms with Crippen LogP contribution in [0.4, 0.5) is 0 Å². The van der Waals surface area contributed by atoms with E-state index in [0.29, 0.717) is 0 Å². The minimum Gasteiger partial charge on any atom is -1.00 e. The van der Waals surface area contributed by atoms with Crippen molar-refractivity contribution in [3.05, 3.63) is 29.3 Å². The molecule has 0 aliphatic heterocycles. The molecule has 0 heterocycles. The van der Waals surface area contributed by atoms with Gasteiger partial charge in [-0.25, -0.2) is 0 Å². The van der Waals surface area contributed by atoms with Gasteiger partial charge in [-0.15, -0.1) is 0 Å². The summed E-state index contributed by atoms with van der Waals surface area (Å²) in [4.78, 5) is 0. The summed E-state index contributed by atoms with van der Waals surface area (Å²) in [5, 5.41) is 0. The predicted octanol–water partition coefficient (Wildman–Crippen LogP) is -4.89. The molecule has 0 unspecified atom stereocenters. The third kappa shape index (κ3) is 5.03.